The molecule has 0 saturated heterocycles. The highest BCUT2D eigenvalue weighted by Crippen LogP contribution is 2.61. The van der Waals surface area contributed by atoms with Crippen LogP contribution in [0.5, 0.6) is 5.75 Å². The zero-order valence-electron chi connectivity index (χ0n) is 17.7. The van der Waals surface area contributed by atoms with Gasteiger partial charge in [0.1, 0.15) is 5.75 Å². The molecule has 5 atom stereocenters. The molecule has 29 heavy (non-hydrogen) atoms. The number of benzene rings is 2. The number of ether oxygens (including phenoxy) is 1. The largest absolute Gasteiger partial charge is 0.493 e. The van der Waals surface area contributed by atoms with Crippen molar-refractivity contribution in [1.29, 1.82) is 0 Å². The molecular weight excluding hydrogens is 360 g/mol. The molecule has 2 aromatic rings. The van der Waals surface area contributed by atoms with Crippen LogP contribution in [0.3, 0.4) is 0 Å². The number of hydrogen-bond donors (Lipinski definition) is 2. The molecule has 0 radical (unpaired) electrons. The predicted octanol–water partition coefficient (Wildman–Crippen LogP) is 5.35. The fourth-order valence-electron chi connectivity index (χ4n) is 6.34. The van der Waals surface area contributed by atoms with Gasteiger partial charge in [0.2, 0.25) is 0 Å². The van der Waals surface area contributed by atoms with Crippen LogP contribution in [0.2, 0.25) is 0 Å². The van der Waals surface area contributed by atoms with Gasteiger partial charge in [-0.25, -0.2) is 0 Å². The van der Waals surface area contributed by atoms with Gasteiger partial charge in [0.15, 0.2) is 0 Å². The van der Waals surface area contributed by atoms with E-state index in [1.54, 1.807) is 0 Å². The van der Waals surface area contributed by atoms with E-state index >= 15 is 0 Å². The summed E-state index contributed by atoms with van der Waals surface area (Å²) < 4.78 is 6.25. The summed E-state index contributed by atoms with van der Waals surface area (Å²) in [6.07, 6.45) is 4.20. The molecule has 2 aliphatic rings. The zero-order chi connectivity index (χ0) is 20.6. The van der Waals surface area contributed by atoms with Crippen molar-refractivity contribution in [3.05, 3.63) is 54.6 Å². The second kappa shape index (κ2) is 7.77. The van der Waals surface area contributed by atoms with E-state index in [-0.39, 0.29) is 12.0 Å². The van der Waals surface area contributed by atoms with Crippen molar-refractivity contribution in [2.24, 2.45) is 22.7 Å². The summed E-state index contributed by atoms with van der Waals surface area (Å²) in [5.41, 5.74) is 0.929. The van der Waals surface area contributed by atoms with Crippen LogP contribution in [0, 0.1) is 22.7 Å². The number of hydrogen-bond acceptors (Lipinski definition) is 3. The first kappa shape index (κ1) is 20.4. The number of allylic oxidation sites excluding steroid dienone is 1. The van der Waals surface area contributed by atoms with Crippen LogP contribution in [-0.4, -0.2) is 29.5 Å². The minimum atomic E-state index is -0.428. The first-order chi connectivity index (χ1) is 13.9. The normalized spacial score (nSPS) is 34.8. The molecule has 1 unspecified atom stereocenters. The van der Waals surface area contributed by atoms with Crippen molar-refractivity contribution in [2.75, 3.05) is 13.2 Å². The van der Waals surface area contributed by atoms with Crippen molar-refractivity contribution in [2.45, 2.75) is 52.1 Å². The first-order valence-electron chi connectivity index (χ1n) is 11.0. The Morgan fingerprint density at radius 2 is 1.86 bits per heavy atom. The average Bonchev–Trinajstić information content (AvgIpc) is 2.73. The Labute approximate surface area is 174 Å². The fraction of sp³-hybridized carbons (Fsp3) is 0.538. The number of fused-ring (bicyclic) bond motifs is 2. The molecule has 4 rings (SSSR count). The Morgan fingerprint density at radius 3 is 2.66 bits per heavy atom. The summed E-state index contributed by atoms with van der Waals surface area (Å²) in [7, 11) is 0. The zero-order valence-corrected chi connectivity index (χ0v) is 17.7. The Hall–Kier alpha value is -1.84. The van der Waals surface area contributed by atoms with Crippen molar-refractivity contribution in [3.63, 3.8) is 0 Å². The van der Waals surface area contributed by atoms with Crippen LogP contribution >= 0.6 is 0 Å². The van der Waals surface area contributed by atoms with Gasteiger partial charge in [-0.1, -0.05) is 62.4 Å². The van der Waals surface area contributed by atoms with E-state index in [4.69, 9.17) is 4.74 Å². The van der Waals surface area contributed by atoms with E-state index in [0.717, 1.165) is 43.2 Å². The molecular formula is C26H34O3. The van der Waals surface area contributed by atoms with Crippen molar-refractivity contribution in [1.82, 2.24) is 0 Å². The van der Waals surface area contributed by atoms with Crippen LogP contribution in [0.25, 0.3) is 10.8 Å². The highest BCUT2D eigenvalue weighted by atomic mass is 16.5. The van der Waals surface area contributed by atoms with Crippen LogP contribution < -0.4 is 4.74 Å². The third-order valence-electron chi connectivity index (χ3n) is 8.11. The molecule has 156 valence electrons. The molecule has 0 amide bonds. The maximum absolute atomic E-state index is 10.7. The maximum atomic E-state index is 10.7. The van der Waals surface area contributed by atoms with Crippen LogP contribution in [0.4, 0.5) is 0 Å². The lowest BCUT2D eigenvalue weighted by Gasteiger charge is -2.60. The summed E-state index contributed by atoms with van der Waals surface area (Å²) in [5, 5.41) is 23.1. The standard InChI is InChI=1S/C26H34O3/c1-18-11-12-23-25(2,15-13-24(28)26(23,3)17-27)21(18)14-16-29-22-10-6-8-19-7-4-5-9-20(19)22/h4-10,21,23-24,27-28H,1,11-17H2,2-3H3/t21-,23?,24-,25+,26+/m1/s1. The molecule has 0 spiro atoms. The molecule has 2 N–H and O–H groups in total. The van der Waals surface area contributed by atoms with E-state index in [1.165, 1.54) is 11.0 Å². The molecule has 0 heterocycles. The summed E-state index contributed by atoms with van der Waals surface area (Å²) in [6, 6.07) is 14.5. The van der Waals surface area contributed by atoms with E-state index < -0.39 is 11.5 Å². The highest BCUT2D eigenvalue weighted by Gasteiger charge is 2.57. The van der Waals surface area contributed by atoms with Gasteiger partial charge in [0, 0.05) is 10.8 Å². The smallest absolute Gasteiger partial charge is 0.127 e. The monoisotopic (exact) mass is 394 g/mol. The minimum Gasteiger partial charge on any atom is -0.493 e. The molecule has 0 aliphatic heterocycles. The third-order valence-corrected chi connectivity index (χ3v) is 8.11. The summed E-state index contributed by atoms with van der Waals surface area (Å²) >= 11 is 0. The van der Waals surface area contributed by atoms with Gasteiger partial charge in [-0.2, -0.15) is 0 Å². The number of aliphatic hydroxyl groups is 2. The van der Waals surface area contributed by atoms with Gasteiger partial charge in [0.25, 0.3) is 0 Å². The lowest BCUT2D eigenvalue weighted by atomic mass is 9.46. The summed E-state index contributed by atoms with van der Waals surface area (Å²) in [6.45, 7) is 9.53. The second-order valence-electron chi connectivity index (χ2n) is 9.64. The quantitative estimate of drug-likeness (QED) is 0.672. The predicted molar refractivity (Wildman–Crippen MR) is 118 cm³/mol. The third kappa shape index (κ3) is 3.39. The van der Waals surface area contributed by atoms with Gasteiger partial charge in [-0.3, -0.25) is 0 Å². The van der Waals surface area contributed by atoms with Crippen LogP contribution in [0.1, 0.15) is 46.0 Å². The topological polar surface area (TPSA) is 49.7 Å². The molecule has 2 aliphatic carbocycles. The van der Waals surface area contributed by atoms with Gasteiger partial charge in [0.05, 0.1) is 19.3 Å². The van der Waals surface area contributed by atoms with Crippen molar-refractivity contribution in [3.8, 4) is 5.75 Å². The van der Waals surface area contributed by atoms with Gasteiger partial charge in [-0.05, 0) is 60.8 Å². The van der Waals surface area contributed by atoms with Crippen LogP contribution in [-0.2, 0) is 0 Å². The Balaban J connectivity index is 1.52. The lowest BCUT2D eigenvalue weighted by Crippen LogP contribution is -2.57. The fourth-order valence-corrected chi connectivity index (χ4v) is 6.34. The number of aliphatic hydroxyl groups excluding tert-OH is 2. The molecule has 0 bridgehead atoms. The van der Waals surface area contributed by atoms with Gasteiger partial charge < -0.3 is 14.9 Å². The van der Waals surface area contributed by atoms with Crippen molar-refractivity contribution >= 4 is 10.8 Å². The molecule has 3 nitrogen and oxygen atoms in total. The Bertz CT molecular complexity index is 885. The number of rotatable bonds is 5. The van der Waals surface area contributed by atoms with E-state index in [2.05, 4.69) is 44.7 Å². The molecule has 2 saturated carbocycles. The highest BCUT2D eigenvalue weighted by molar-refractivity contribution is 5.88. The van der Waals surface area contributed by atoms with Gasteiger partial charge in [-0.15, -0.1) is 0 Å². The molecule has 0 aromatic heterocycles. The van der Waals surface area contributed by atoms with E-state index in [9.17, 15) is 10.2 Å². The van der Waals surface area contributed by atoms with Crippen molar-refractivity contribution < 1.29 is 14.9 Å². The SMILES string of the molecule is C=C1CCC2[C@](C)(CO)[C@H](O)CC[C@@]2(C)[C@@H]1CCOc1cccc2ccccc12. The lowest BCUT2D eigenvalue weighted by molar-refractivity contribution is -0.152. The molecule has 2 fully saturated rings. The second-order valence-corrected chi connectivity index (χ2v) is 9.64. The van der Waals surface area contributed by atoms with E-state index in [0.29, 0.717) is 18.4 Å². The van der Waals surface area contributed by atoms with Crippen LogP contribution in [0.15, 0.2) is 54.6 Å². The molecule has 2 aromatic carbocycles. The average molecular weight is 395 g/mol. The minimum absolute atomic E-state index is 0.0418. The van der Waals surface area contributed by atoms with Gasteiger partial charge >= 0.3 is 0 Å². The Kier molecular flexibility index (Phi) is 5.48. The maximum Gasteiger partial charge on any atom is 0.127 e. The van der Waals surface area contributed by atoms with E-state index in [1.807, 2.05) is 18.2 Å². The molecule has 3 heteroatoms. The summed E-state index contributed by atoms with van der Waals surface area (Å²) in [5.74, 6) is 1.59. The summed E-state index contributed by atoms with van der Waals surface area (Å²) in [4.78, 5) is 0. The Morgan fingerprint density at radius 1 is 1.10 bits per heavy atom. The first-order valence-corrected chi connectivity index (χ1v) is 11.0.